The van der Waals surface area contributed by atoms with Gasteiger partial charge in [0, 0.05) is 4.88 Å². The van der Waals surface area contributed by atoms with E-state index in [1.807, 2.05) is 44.2 Å². The number of anilines is 1. The maximum absolute atomic E-state index is 12.2. The van der Waals surface area contributed by atoms with Crippen LogP contribution in [0, 0.1) is 13.8 Å². The van der Waals surface area contributed by atoms with Gasteiger partial charge in [-0.05, 0) is 25.0 Å². The van der Waals surface area contributed by atoms with Gasteiger partial charge in [-0.3, -0.25) is 4.79 Å². The molecule has 1 aromatic heterocycles. The number of nitrogens with one attached hydrogen (secondary N) is 2. The molecule has 1 aliphatic heterocycles. The smallest absolute Gasteiger partial charge is 0.256 e. The zero-order chi connectivity index (χ0) is 12.7. The Morgan fingerprint density at radius 3 is 2.56 bits per heavy atom. The molecule has 0 spiro atoms. The average molecular weight is 258 g/mol. The van der Waals surface area contributed by atoms with Crippen molar-refractivity contribution in [2.24, 2.45) is 0 Å². The highest BCUT2D eigenvalue weighted by atomic mass is 32.1. The standard InChI is InChI=1S/C14H14N2OS/c1-8-9(2)18-14-11(8)13(17)15-12(16-14)10-6-4-3-5-7-10/h3-7,12,16H,1-2H3,(H,15,17)/t12-/m0/s1. The molecule has 3 nitrogen and oxygen atoms in total. The van der Waals surface area contributed by atoms with Crippen LogP contribution in [0.2, 0.25) is 0 Å². The van der Waals surface area contributed by atoms with E-state index in [4.69, 9.17) is 0 Å². The lowest BCUT2D eigenvalue weighted by Crippen LogP contribution is -2.38. The van der Waals surface area contributed by atoms with Crippen LogP contribution in [0.15, 0.2) is 30.3 Å². The van der Waals surface area contributed by atoms with Gasteiger partial charge in [-0.1, -0.05) is 30.3 Å². The molecule has 4 heteroatoms. The highest BCUT2D eigenvalue weighted by Gasteiger charge is 2.28. The Labute approximate surface area is 110 Å². The summed E-state index contributed by atoms with van der Waals surface area (Å²) in [6.07, 6.45) is -0.136. The zero-order valence-corrected chi connectivity index (χ0v) is 11.1. The molecular formula is C14H14N2OS. The lowest BCUT2D eigenvalue weighted by Gasteiger charge is -2.26. The van der Waals surface area contributed by atoms with Gasteiger partial charge in [0.05, 0.1) is 5.56 Å². The fourth-order valence-electron chi connectivity index (χ4n) is 2.18. The molecule has 2 heterocycles. The minimum atomic E-state index is -0.136. The van der Waals surface area contributed by atoms with Gasteiger partial charge in [0.15, 0.2) is 0 Å². The van der Waals surface area contributed by atoms with Gasteiger partial charge in [0.1, 0.15) is 11.2 Å². The van der Waals surface area contributed by atoms with E-state index in [2.05, 4.69) is 10.6 Å². The molecule has 0 radical (unpaired) electrons. The molecule has 1 aromatic carbocycles. The summed E-state index contributed by atoms with van der Waals surface area (Å²) in [5.41, 5.74) is 2.94. The Bertz CT molecular complexity index is 604. The van der Waals surface area contributed by atoms with Gasteiger partial charge in [-0.15, -0.1) is 11.3 Å². The van der Waals surface area contributed by atoms with E-state index in [0.29, 0.717) is 0 Å². The van der Waals surface area contributed by atoms with Gasteiger partial charge in [0.25, 0.3) is 5.91 Å². The van der Waals surface area contributed by atoms with Crippen LogP contribution >= 0.6 is 11.3 Å². The largest absolute Gasteiger partial charge is 0.353 e. The molecule has 1 amide bonds. The monoisotopic (exact) mass is 258 g/mol. The summed E-state index contributed by atoms with van der Waals surface area (Å²) in [5.74, 6) is 0.0134. The van der Waals surface area contributed by atoms with E-state index in [-0.39, 0.29) is 12.1 Å². The molecule has 92 valence electrons. The second kappa shape index (κ2) is 4.14. The molecule has 0 saturated carbocycles. The quantitative estimate of drug-likeness (QED) is 0.824. The van der Waals surface area contributed by atoms with Gasteiger partial charge in [-0.25, -0.2) is 0 Å². The second-order valence-electron chi connectivity index (χ2n) is 4.45. The van der Waals surface area contributed by atoms with Crippen molar-refractivity contribution >= 4 is 22.2 Å². The van der Waals surface area contributed by atoms with Crippen molar-refractivity contribution in [2.75, 3.05) is 5.32 Å². The van der Waals surface area contributed by atoms with E-state index in [0.717, 1.165) is 21.7 Å². The van der Waals surface area contributed by atoms with E-state index in [9.17, 15) is 4.79 Å². The first-order chi connectivity index (χ1) is 8.66. The van der Waals surface area contributed by atoms with E-state index >= 15 is 0 Å². The first-order valence-corrected chi connectivity index (χ1v) is 6.71. The molecule has 18 heavy (non-hydrogen) atoms. The Morgan fingerprint density at radius 2 is 1.83 bits per heavy atom. The normalized spacial score (nSPS) is 17.9. The summed E-state index contributed by atoms with van der Waals surface area (Å²) in [6.45, 7) is 4.04. The highest BCUT2D eigenvalue weighted by molar-refractivity contribution is 7.16. The third-order valence-corrected chi connectivity index (χ3v) is 4.43. The first kappa shape index (κ1) is 11.3. The third-order valence-electron chi connectivity index (χ3n) is 3.30. The van der Waals surface area contributed by atoms with Crippen molar-refractivity contribution in [3.8, 4) is 0 Å². The average Bonchev–Trinajstić information content (AvgIpc) is 2.66. The predicted octanol–water partition coefficient (Wildman–Crippen LogP) is 3.22. The number of rotatable bonds is 1. The van der Waals surface area contributed by atoms with Crippen molar-refractivity contribution in [3.63, 3.8) is 0 Å². The van der Waals surface area contributed by atoms with Crippen LogP contribution in [0.5, 0.6) is 0 Å². The number of aryl methyl sites for hydroxylation is 1. The Morgan fingerprint density at radius 1 is 1.11 bits per heavy atom. The number of benzene rings is 1. The van der Waals surface area contributed by atoms with Gasteiger partial charge < -0.3 is 10.6 Å². The van der Waals surface area contributed by atoms with Crippen LogP contribution < -0.4 is 10.6 Å². The summed E-state index contributed by atoms with van der Waals surface area (Å²) in [7, 11) is 0. The topological polar surface area (TPSA) is 41.1 Å². The Kier molecular flexibility index (Phi) is 2.59. The van der Waals surface area contributed by atoms with Crippen LogP contribution in [0.4, 0.5) is 5.00 Å². The maximum Gasteiger partial charge on any atom is 0.256 e. The van der Waals surface area contributed by atoms with E-state index in [1.54, 1.807) is 11.3 Å². The number of hydrogen-bond donors (Lipinski definition) is 2. The molecular weight excluding hydrogens is 244 g/mol. The minimum Gasteiger partial charge on any atom is -0.353 e. The van der Waals surface area contributed by atoms with E-state index < -0.39 is 0 Å². The predicted molar refractivity (Wildman–Crippen MR) is 74.1 cm³/mol. The lowest BCUT2D eigenvalue weighted by molar-refractivity contribution is 0.0936. The van der Waals surface area contributed by atoms with Crippen LogP contribution in [0.1, 0.15) is 32.5 Å². The number of thiophene rings is 1. The molecule has 0 aliphatic carbocycles. The van der Waals surface area contributed by atoms with Crippen molar-refractivity contribution in [1.29, 1.82) is 0 Å². The number of amides is 1. The van der Waals surface area contributed by atoms with Gasteiger partial charge >= 0.3 is 0 Å². The Hall–Kier alpha value is -1.81. The zero-order valence-electron chi connectivity index (χ0n) is 10.3. The molecule has 0 saturated heterocycles. The molecule has 0 bridgehead atoms. The molecule has 2 aromatic rings. The summed E-state index contributed by atoms with van der Waals surface area (Å²) >= 11 is 1.65. The summed E-state index contributed by atoms with van der Waals surface area (Å²) < 4.78 is 0. The lowest BCUT2D eigenvalue weighted by atomic mass is 10.1. The van der Waals surface area contributed by atoms with Gasteiger partial charge in [-0.2, -0.15) is 0 Å². The van der Waals surface area contributed by atoms with Crippen LogP contribution in [0.3, 0.4) is 0 Å². The van der Waals surface area contributed by atoms with Crippen LogP contribution in [0.25, 0.3) is 0 Å². The first-order valence-electron chi connectivity index (χ1n) is 5.89. The Balaban J connectivity index is 2.00. The summed E-state index contributed by atoms with van der Waals surface area (Å²) in [5, 5.41) is 7.37. The van der Waals surface area contributed by atoms with Gasteiger partial charge in [0.2, 0.25) is 0 Å². The fourth-order valence-corrected chi connectivity index (χ4v) is 3.27. The maximum atomic E-state index is 12.2. The highest BCUT2D eigenvalue weighted by Crippen LogP contribution is 2.37. The second-order valence-corrected chi connectivity index (χ2v) is 5.67. The molecule has 1 atom stereocenters. The fraction of sp³-hybridized carbons (Fsp3) is 0.214. The number of fused-ring (bicyclic) bond motifs is 1. The molecule has 0 fully saturated rings. The van der Waals surface area contributed by atoms with E-state index in [1.165, 1.54) is 4.88 Å². The molecule has 0 unspecified atom stereocenters. The number of hydrogen-bond acceptors (Lipinski definition) is 3. The van der Waals surface area contributed by atoms with Crippen LogP contribution in [-0.4, -0.2) is 5.91 Å². The van der Waals surface area contributed by atoms with Crippen molar-refractivity contribution < 1.29 is 4.79 Å². The summed E-state index contributed by atoms with van der Waals surface area (Å²) in [6, 6.07) is 9.94. The SMILES string of the molecule is Cc1sc2c(c1C)C(=O)N[C@H](c1ccccc1)N2. The summed E-state index contributed by atoms with van der Waals surface area (Å²) in [4.78, 5) is 13.4. The molecule has 2 N–H and O–H groups in total. The van der Waals surface area contributed by atoms with Crippen molar-refractivity contribution in [1.82, 2.24) is 5.32 Å². The number of carbonyl (C=O) groups excluding carboxylic acids is 1. The van der Waals surface area contributed by atoms with Crippen LogP contribution in [-0.2, 0) is 0 Å². The minimum absolute atomic E-state index is 0.0134. The molecule has 3 rings (SSSR count). The van der Waals surface area contributed by atoms with Crippen molar-refractivity contribution in [3.05, 3.63) is 51.9 Å². The third kappa shape index (κ3) is 1.69. The van der Waals surface area contributed by atoms with Crippen molar-refractivity contribution in [2.45, 2.75) is 20.0 Å². The number of carbonyl (C=O) groups is 1. The molecule has 1 aliphatic rings.